The standard InChI is InChI=1S/C69H58N4O2/c1-39(2)46-27-20-28-47(40(3)4)62(46)72-57(36-35-52-64(74)48-25-16-17-26-49(48)65(52)75)73(67-66(72)70-55-29-18-19-30-56(55)71-67)63-58-50-33-31-44(42-21-12-10-13-22-42)37-53(50)68(6,7)60(58)41(5)61-59(63)51-34-32-45(38-54(51)69(61,8)9)43-23-14-11-15-24-43/h10-40H,1-9H3/b57-36+. The van der Waals surface area contributed by atoms with Gasteiger partial charge in [-0.1, -0.05) is 195 Å². The van der Waals surface area contributed by atoms with Crippen LogP contribution in [0.5, 0.6) is 0 Å². The van der Waals surface area contributed by atoms with E-state index in [1.54, 1.807) is 18.2 Å². The highest BCUT2D eigenvalue weighted by Crippen LogP contribution is 2.66. The minimum absolute atomic E-state index is 0.127. The Kier molecular flexibility index (Phi) is 10.4. The Morgan fingerprint density at radius 1 is 0.453 bits per heavy atom. The van der Waals surface area contributed by atoms with Crippen molar-refractivity contribution in [2.45, 2.75) is 85.0 Å². The summed E-state index contributed by atoms with van der Waals surface area (Å²) in [5, 5.41) is 0. The van der Waals surface area contributed by atoms with Gasteiger partial charge in [-0.15, -0.1) is 0 Å². The van der Waals surface area contributed by atoms with Crippen LogP contribution in [-0.2, 0) is 10.8 Å². The van der Waals surface area contributed by atoms with Gasteiger partial charge in [0.1, 0.15) is 5.82 Å². The van der Waals surface area contributed by atoms with Crippen molar-refractivity contribution in [2.75, 3.05) is 9.80 Å². The van der Waals surface area contributed by atoms with Gasteiger partial charge in [-0.25, -0.2) is 9.97 Å². The smallest absolute Gasteiger partial charge is 0.197 e. The molecule has 1 aromatic heterocycles. The SMILES string of the molecule is Cc1c2c(c(N3/C(=C/C=C4C(=O)c5ccccc5C4=O)N(c4c(C(C)C)cccc4C(C)C)c4nc5ccccc5nc43)c3c1C(C)(C)c1cc(-c4ccccc4)ccc1-3)-c1ccc(-c3ccccc3)cc1C2(C)C. The van der Waals surface area contributed by atoms with Gasteiger partial charge in [0.25, 0.3) is 0 Å². The highest BCUT2D eigenvalue weighted by atomic mass is 16.2. The van der Waals surface area contributed by atoms with E-state index in [4.69, 9.17) is 9.97 Å². The number of anilines is 4. The Morgan fingerprint density at radius 2 is 0.880 bits per heavy atom. The highest BCUT2D eigenvalue weighted by Gasteiger charge is 2.51. The Labute approximate surface area is 439 Å². The molecule has 366 valence electrons. The van der Waals surface area contributed by atoms with Gasteiger partial charge in [0.05, 0.1) is 28.0 Å². The van der Waals surface area contributed by atoms with Crippen LogP contribution in [0.3, 0.4) is 0 Å². The fourth-order valence-corrected chi connectivity index (χ4v) is 13.2. The van der Waals surface area contributed by atoms with Crippen molar-refractivity contribution in [3.05, 3.63) is 237 Å². The van der Waals surface area contributed by atoms with Crippen molar-refractivity contribution in [3.8, 4) is 44.5 Å². The first-order valence-electron chi connectivity index (χ1n) is 26.4. The second kappa shape index (κ2) is 16.8. The molecule has 0 amide bonds. The van der Waals surface area contributed by atoms with Crippen LogP contribution in [0.15, 0.2) is 187 Å². The largest absolute Gasteiger partial charge is 0.288 e. The maximum atomic E-state index is 14.4. The summed E-state index contributed by atoms with van der Waals surface area (Å²) in [5.41, 5.74) is 21.6. The number of aromatic nitrogens is 2. The molecule has 0 fully saturated rings. The van der Waals surface area contributed by atoms with Crippen LogP contribution in [0, 0.1) is 6.92 Å². The molecule has 0 spiro atoms. The zero-order valence-electron chi connectivity index (χ0n) is 44.0. The molecular weight excluding hydrogens is 917 g/mol. The highest BCUT2D eigenvalue weighted by molar-refractivity contribution is 6.39. The molecule has 6 heteroatoms. The fourth-order valence-electron chi connectivity index (χ4n) is 13.2. The lowest BCUT2D eigenvalue weighted by Gasteiger charge is -2.34. The van der Waals surface area contributed by atoms with Crippen LogP contribution in [0.2, 0.25) is 0 Å². The van der Waals surface area contributed by atoms with Crippen LogP contribution in [-0.4, -0.2) is 21.5 Å². The molecule has 0 saturated carbocycles. The van der Waals surface area contributed by atoms with E-state index in [9.17, 15) is 9.59 Å². The van der Waals surface area contributed by atoms with Crippen LogP contribution >= 0.6 is 0 Å². The number of benzene rings is 8. The number of nitrogens with zero attached hydrogens (tertiary/aromatic N) is 4. The lowest BCUT2D eigenvalue weighted by Crippen LogP contribution is -2.27. The average molecular weight is 975 g/mol. The number of hydrogen-bond acceptors (Lipinski definition) is 6. The lowest BCUT2D eigenvalue weighted by atomic mass is 9.73. The topological polar surface area (TPSA) is 66.4 Å². The summed E-state index contributed by atoms with van der Waals surface area (Å²) in [6.07, 6.45) is 3.77. The van der Waals surface area contributed by atoms with Gasteiger partial charge in [-0.3, -0.25) is 19.4 Å². The number of ketones is 2. The summed E-state index contributed by atoms with van der Waals surface area (Å²) in [4.78, 5) is 44.9. The summed E-state index contributed by atoms with van der Waals surface area (Å²) < 4.78 is 0. The molecule has 8 aromatic carbocycles. The van der Waals surface area contributed by atoms with Gasteiger partial charge < -0.3 is 0 Å². The summed E-state index contributed by atoms with van der Waals surface area (Å²) in [6, 6.07) is 57.3. The fraction of sp³-hybridized carbons (Fsp3) is 0.188. The van der Waals surface area contributed by atoms with Crippen LogP contribution < -0.4 is 9.80 Å². The second-order valence-electron chi connectivity index (χ2n) is 22.4. The number of rotatable bonds is 7. The molecule has 0 bridgehead atoms. The summed E-state index contributed by atoms with van der Waals surface area (Å²) in [5.74, 6) is 1.78. The van der Waals surface area contributed by atoms with Crippen molar-refractivity contribution in [2.24, 2.45) is 0 Å². The minimum atomic E-state index is -0.434. The Bertz CT molecular complexity index is 3820. The molecule has 0 N–H and O–H groups in total. The van der Waals surface area contributed by atoms with E-state index in [0.29, 0.717) is 22.8 Å². The molecule has 9 aromatic rings. The van der Waals surface area contributed by atoms with Crippen LogP contribution in [0.4, 0.5) is 23.0 Å². The predicted octanol–water partition coefficient (Wildman–Crippen LogP) is 17.3. The van der Waals surface area contributed by atoms with E-state index in [-0.39, 0.29) is 29.0 Å². The molecule has 3 aliphatic carbocycles. The molecule has 0 atom stereocenters. The number of allylic oxidation sites excluding steroid dienone is 3. The third-order valence-corrected chi connectivity index (χ3v) is 16.6. The number of hydrogen-bond donors (Lipinski definition) is 0. The number of para-hydroxylation sites is 3. The maximum absolute atomic E-state index is 14.4. The minimum Gasteiger partial charge on any atom is -0.288 e. The first kappa shape index (κ1) is 46.3. The third kappa shape index (κ3) is 6.71. The molecule has 75 heavy (non-hydrogen) atoms. The molecule has 0 saturated heterocycles. The summed E-state index contributed by atoms with van der Waals surface area (Å²) in [7, 11) is 0. The molecular formula is C69H58N4O2. The number of carbonyl (C=O) groups is 2. The van der Waals surface area contributed by atoms with Crippen molar-refractivity contribution < 1.29 is 9.59 Å². The Morgan fingerprint density at radius 3 is 1.33 bits per heavy atom. The molecule has 13 rings (SSSR count). The van der Waals surface area contributed by atoms with Gasteiger partial charge in [-0.2, -0.15) is 0 Å². The molecule has 0 unspecified atom stereocenters. The van der Waals surface area contributed by atoms with Crippen LogP contribution in [0.25, 0.3) is 55.5 Å². The van der Waals surface area contributed by atoms with Crippen molar-refractivity contribution >= 4 is 45.6 Å². The maximum Gasteiger partial charge on any atom is 0.197 e. The zero-order valence-corrected chi connectivity index (χ0v) is 44.0. The van der Waals surface area contributed by atoms with Crippen molar-refractivity contribution in [1.82, 2.24) is 9.97 Å². The van der Waals surface area contributed by atoms with E-state index in [1.165, 1.54) is 50.1 Å². The van der Waals surface area contributed by atoms with Gasteiger partial charge in [0.2, 0.25) is 0 Å². The Hall–Kier alpha value is -8.48. The van der Waals surface area contributed by atoms with E-state index >= 15 is 0 Å². The predicted molar refractivity (Wildman–Crippen MR) is 307 cm³/mol. The van der Waals surface area contributed by atoms with Gasteiger partial charge in [0, 0.05) is 33.1 Å². The van der Waals surface area contributed by atoms with Gasteiger partial charge in [0.15, 0.2) is 23.2 Å². The summed E-state index contributed by atoms with van der Waals surface area (Å²) >= 11 is 0. The number of carbonyl (C=O) groups excluding carboxylic acids is 2. The van der Waals surface area contributed by atoms with Crippen molar-refractivity contribution in [3.63, 3.8) is 0 Å². The molecule has 2 heterocycles. The lowest BCUT2D eigenvalue weighted by molar-refractivity contribution is 0.0988. The quantitative estimate of drug-likeness (QED) is 0.117. The summed E-state index contributed by atoms with van der Waals surface area (Å²) in [6.45, 7) is 20.9. The average Bonchev–Trinajstić information content (AvgIpc) is 4.13. The first-order chi connectivity index (χ1) is 36.2. The van der Waals surface area contributed by atoms with Crippen LogP contribution in [0.1, 0.15) is 127 Å². The van der Waals surface area contributed by atoms with E-state index in [1.807, 2.05) is 42.5 Å². The molecule has 6 nitrogen and oxygen atoms in total. The van der Waals surface area contributed by atoms with Gasteiger partial charge >= 0.3 is 0 Å². The first-order valence-corrected chi connectivity index (χ1v) is 26.4. The van der Waals surface area contributed by atoms with Crippen molar-refractivity contribution in [1.29, 1.82) is 0 Å². The number of fused-ring (bicyclic) bond motifs is 9. The number of Topliss-reactive ketones (excluding diaryl/α,β-unsaturated/α-hetero) is 2. The monoisotopic (exact) mass is 974 g/mol. The molecule has 0 radical (unpaired) electrons. The molecule has 1 aliphatic heterocycles. The third-order valence-electron chi connectivity index (χ3n) is 16.6. The second-order valence-corrected chi connectivity index (χ2v) is 22.4. The Balaban J connectivity index is 1.20. The van der Waals surface area contributed by atoms with E-state index < -0.39 is 10.8 Å². The van der Waals surface area contributed by atoms with E-state index in [2.05, 4.69) is 187 Å². The zero-order chi connectivity index (χ0) is 51.8. The van der Waals surface area contributed by atoms with Gasteiger partial charge in [-0.05, 0) is 128 Å². The van der Waals surface area contributed by atoms with E-state index in [0.717, 1.165) is 61.6 Å². The normalized spacial score (nSPS) is 16.0. The molecule has 4 aliphatic rings.